The Morgan fingerprint density at radius 3 is 1.96 bits per heavy atom. The molecule has 0 heterocycles. The second-order valence-electron chi connectivity index (χ2n) is 5.35. The van der Waals surface area contributed by atoms with Gasteiger partial charge in [-0.3, -0.25) is 14.4 Å². The topological polar surface area (TPSA) is 159 Å². The van der Waals surface area contributed by atoms with Gasteiger partial charge in [0.25, 0.3) is 0 Å². The van der Waals surface area contributed by atoms with Crippen molar-refractivity contribution in [1.29, 1.82) is 0 Å². The summed E-state index contributed by atoms with van der Waals surface area (Å²) in [4.78, 5) is 45.4. The van der Waals surface area contributed by atoms with Crippen molar-refractivity contribution < 1.29 is 29.4 Å². The standard InChI is InChI=1S/C13H23N3O6S/c1-6(2)10(14)12(20)16-8(5-23)11(19)15-7(13(21)22)3-4-9(17)18/h6-8,10,23H,3-5,14H2,1-2H3,(H,15,19)(H,16,20)(H,17,18)(H,21,22). The molecule has 0 aliphatic carbocycles. The first-order valence-corrected chi connectivity index (χ1v) is 7.65. The van der Waals surface area contributed by atoms with Gasteiger partial charge in [0, 0.05) is 12.2 Å². The fourth-order valence-electron chi connectivity index (χ4n) is 1.56. The number of carbonyl (C=O) groups excluding carboxylic acids is 2. The number of nitrogens with one attached hydrogen (secondary N) is 2. The van der Waals surface area contributed by atoms with E-state index in [-0.39, 0.29) is 18.1 Å². The van der Waals surface area contributed by atoms with Crippen molar-refractivity contribution in [1.82, 2.24) is 10.6 Å². The maximum atomic E-state index is 12.0. The number of amides is 2. The number of thiol groups is 1. The molecular formula is C13H23N3O6S. The van der Waals surface area contributed by atoms with E-state index in [0.717, 1.165) is 0 Å². The molecule has 0 rings (SSSR count). The lowest BCUT2D eigenvalue weighted by Gasteiger charge is -2.22. The van der Waals surface area contributed by atoms with Crippen LogP contribution >= 0.6 is 12.6 Å². The Labute approximate surface area is 139 Å². The van der Waals surface area contributed by atoms with Crippen molar-refractivity contribution in [2.24, 2.45) is 11.7 Å². The van der Waals surface area contributed by atoms with Gasteiger partial charge in [-0.15, -0.1) is 0 Å². The highest BCUT2D eigenvalue weighted by atomic mass is 32.1. The molecule has 0 fully saturated rings. The van der Waals surface area contributed by atoms with Gasteiger partial charge in [-0.05, 0) is 12.3 Å². The van der Waals surface area contributed by atoms with Crippen molar-refractivity contribution >= 4 is 36.4 Å². The highest BCUT2D eigenvalue weighted by molar-refractivity contribution is 7.80. The van der Waals surface area contributed by atoms with E-state index in [1.807, 2.05) is 0 Å². The van der Waals surface area contributed by atoms with Crippen LogP contribution in [0.15, 0.2) is 0 Å². The Kier molecular flexibility index (Phi) is 9.27. The molecule has 0 aliphatic heterocycles. The molecule has 0 aliphatic rings. The van der Waals surface area contributed by atoms with E-state index in [2.05, 4.69) is 23.3 Å². The summed E-state index contributed by atoms with van der Waals surface area (Å²) in [7, 11) is 0. The molecule has 0 aromatic heterocycles. The quantitative estimate of drug-likeness (QED) is 0.271. The number of aliphatic carboxylic acids is 2. The second kappa shape index (κ2) is 10.1. The number of carbonyl (C=O) groups is 4. The molecule has 23 heavy (non-hydrogen) atoms. The van der Waals surface area contributed by atoms with Crippen LogP contribution in [0, 0.1) is 5.92 Å². The normalized spacial score (nSPS) is 14.7. The summed E-state index contributed by atoms with van der Waals surface area (Å²) in [6.45, 7) is 3.48. The Balaban J connectivity index is 4.76. The van der Waals surface area contributed by atoms with E-state index in [9.17, 15) is 19.2 Å². The van der Waals surface area contributed by atoms with Gasteiger partial charge in [-0.1, -0.05) is 13.8 Å². The lowest BCUT2D eigenvalue weighted by molar-refractivity contribution is -0.143. The lowest BCUT2D eigenvalue weighted by atomic mass is 10.0. The number of nitrogens with two attached hydrogens (primary N) is 1. The van der Waals surface area contributed by atoms with Crippen molar-refractivity contribution in [2.45, 2.75) is 44.8 Å². The second-order valence-corrected chi connectivity index (χ2v) is 5.71. The molecule has 2 amide bonds. The monoisotopic (exact) mass is 349 g/mol. The third kappa shape index (κ3) is 7.84. The van der Waals surface area contributed by atoms with Crippen molar-refractivity contribution in [3.63, 3.8) is 0 Å². The van der Waals surface area contributed by atoms with Crippen molar-refractivity contribution in [2.75, 3.05) is 5.75 Å². The number of rotatable bonds is 10. The SMILES string of the molecule is CC(C)C(N)C(=O)NC(CS)C(=O)NC(CCC(=O)O)C(=O)O. The Hall–Kier alpha value is -1.81. The van der Waals surface area contributed by atoms with Crippen LogP contribution < -0.4 is 16.4 Å². The van der Waals surface area contributed by atoms with Crippen LogP contribution in [0.2, 0.25) is 0 Å². The van der Waals surface area contributed by atoms with E-state index in [1.165, 1.54) is 0 Å². The zero-order valence-corrected chi connectivity index (χ0v) is 13.9. The van der Waals surface area contributed by atoms with Gasteiger partial charge >= 0.3 is 11.9 Å². The Morgan fingerprint density at radius 2 is 1.57 bits per heavy atom. The predicted molar refractivity (Wildman–Crippen MR) is 85.0 cm³/mol. The van der Waals surface area contributed by atoms with Crippen LogP contribution in [0.3, 0.4) is 0 Å². The predicted octanol–water partition coefficient (Wildman–Crippen LogP) is -1.18. The molecule has 3 atom stereocenters. The highest BCUT2D eigenvalue weighted by Crippen LogP contribution is 2.02. The number of carboxylic acids is 2. The van der Waals surface area contributed by atoms with E-state index in [1.54, 1.807) is 13.8 Å². The first-order chi connectivity index (χ1) is 10.6. The van der Waals surface area contributed by atoms with Crippen LogP contribution in [0.25, 0.3) is 0 Å². The molecule has 10 heteroatoms. The van der Waals surface area contributed by atoms with Gasteiger partial charge in [-0.2, -0.15) is 12.6 Å². The van der Waals surface area contributed by atoms with Gasteiger partial charge < -0.3 is 26.6 Å². The van der Waals surface area contributed by atoms with Gasteiger partial charge in [0.05, 0.1) is 6.04 Å². The molecule has 0 aromatic carbocycles. The first kappa shape index (κ1) is 21.2. The van der Waals surface area contributed by atoms with E-state index in [0.29, 0.717) is 0 Å². The highest BCUT2D eigenvalue weighted by Gasteiger charge is 2.28. The minimum Gasteiger partial charge on any atom is -0.481 e. The summed E-state index contributed by atoms with van der Waals surface area (Å²) in [6, 6.07) is -3.24. The lowest BCUT2D eigenvalue weighted by Crippen LogP contribution is -2.56. The number of hydrogen-bond donors (Lipinski definition) is 6. The van der Waals surface area contributed by atoms with Gasteiger partial charge in [0.15, 0.2) is 0 Å². The minimum atomic E-state index is -1.36. The van der Waals surface area contributed by atoms with Crippen LogP contribution in [-0.2, 0) is 19.2 Å². The molecule has 0 saturated carbocycles. The van der Waals surface area contributed by atoms with Crippen molar-refractivity contribution in [3.8, 4) is 0 Å². The van der Waals surface area contributed by atoms with Gasteiger partial charge in [0.1, 0.15) is 12.1 Å². The molecule has 9 nitrogen and oxygen atoms in total. The molecule has 0 aromatic rings. The molecule has 0 spiro atoms. The first-order valence-electron chi connectivity index (χ1n) is 7.01. The van der Waals surface area contributed by atoms with Gasteiger partial charge in [0.2, 0.25) is 11.8 Å². The third-order valence-electron chi connectivity index (χ3n) is 3.10. The summed E-state index contributed by atoms with van der Waals surface area (Å²) in [5.41, 5.74) is 5.67. The largest absolute Gasteiger partial charge is 0.481 e. The van der Waals surface area contributed by atoms with Crippen LogP contribution in [0.5, 0.6) is 0 Å². The van der Waals surface area contributed by atoms with Crippen LogP contribution in [0.1, 0.15) is 26.7 Å². The third-order valence-corrected chi connectivity index (χ3v) is 3.46. The summed E-state index contributed by atoms with van der Waals surface area (Å²) >= 11 is 3.95. The van der Waals surface area contributed by atoms with E-state index in [4.69, 9.17) is 15.9 Å². The zero-order chi connectivity index (χ0) is 18.2. The fraction of sp³-hybridized carbons (Fsp3) is 0.692. The molecule has 6 N–H and O–H groups in total. The summed E-state index contributed by atoms with van der Waals surface area (Å²) in [5, 5.41) is 22.2. The maximum Gasteiger partial charge on any atom is 0.326 e. The van der Waals surface area contributed by atoms with E-state index >= 15 is 0 Å². The molecule has 0 radical (unpaired) electrons. The Morgan fingerprint density at radius 1 is 1.04 bits per heavy atom. The van der Waals surface area contributed by atoms with Crippen LogP contribution in [0.4, 0.5) is 0 Å². The molecular weight excluding hydrogens is 326 g/mol. The molecule has 0 bridgehead atoms. The summed E-state index contributed by atoms with van der Waals surface area (Å²) in [5.74, 6) is -4.04. The van der Waals surface area contributed by atoms with Crippen molar-refractivity contribution in [3.05, 3.63) is 0 Å². The average molecular weight is 349 g/mol. The molecule has 3 unspecified atom stereocenters. The van der Waals surface area contributed by atoms with Gasteiger partial charge in [-0.25, -0.2) is 4.79 Å². The van der Waals surface area contributed by atoms with E-state index < -0.39 is 48.3 Å². The summed E-state index contributed by atoms with van der Waals surface area (Å²) < 4.78 is 0. The summed E-state index contributed by atoms with van der Waals surface area (Å²) in [6.07, 6.45) is -0.678. The maximum absolute atomic E-state index is 12.0. The smallest absolute Gasteiger partial charge is 0.326 e. The zero-order valence-electron chi connectivity index (χ0n) is 13.0. The minimum absolute atomic E-state index is 0.0618. The molecule has 0 saturated heterocycles. The number of hydrogen-bond acceptors (Lipinski definition) is 6. The Bertz CT molecular complexity index is 457. The fourth-order valence-corrected chi connectivity index (χ4v) is 1.82. The number of carboxylic acid groups (broad SMARTS) is 2. The average Bonchev–Trinajstić information content (AvgIpc) is 2.46. The van der Waals surface area contributed by atoms with Crippen LogP contribution in [-0.4, -0.2) is 57.8 Å². The molecule has 132 valence electrons.